The first-order chi connectivity index (χ1) is 8.77. The quantitative estimate of drug-likeness (QED) is 0.765. The molecule has 90 valence electrons. The van der Waals surface area contributed by atoms with Gasteiger partial charge in [0.15, 0.2) is 0 Å². The van der Waals surface area contributed by atoms with Gasteiger partial charge in [-0.1, -0.05) is 18.2 Å². The van der Waals surface area contributed by atoms with Gasteiger partial charge in [0, 0.05) is 24.1 Å². The highest BCUT2D eigenvalue weighted by molar-refractivity contribution is 6.07. The molecular weight excluding hydrogens is 226 g/mol. The van der Waals surface area contributed by atoms with Crippen LogP contribution in [-0.2, 0) is 6.42 Å². The Bertz CT molecular complexity index is 583. The molecule has 18 heavy (non-hydrogen) atoms. The lowest BCUT2D eigenvalue weighted by molar-refractivity contribution is 0.0980. The van der Waals surface area contributed by atoms with Crippen LogP contribution in [0.5, 0.6) is 0 Å². The highest BCUT2D eigenvalue weighted by Gasteiger charge is 2.31. The molecule has 3 rings (SSSR count). The molecule has 0 spiro atoms. The molecular formula is C14H13N3O. The van der Waals surface area contributed by atoms with Crippen LogP contribution in [-0.4, -0.2) is 21.9 Å². The van der Waals surface area contributed by atoms with Crippen molar-refractivity contribution < 1.29 is 4.79 Å². The van der Waals surface area contributed by atoms with E-state index in [1.165, 1.54) is 11.9 Å². The Kier molecular flexibility index (Phi) is 2.55. The van der Waals surface area contributed by atoms with Gasteiger partial charge >= 0.3 is 0 Å². The normalized spacial score (nSPS) is 17.6. The Morgan fingerprint density at radius 1 is 1.28 bits per heavy atom. The number of anilines is 1. The SMILES string of the molecule is CC1Cc2ccccc2N1C(=O)c1cncnc1. The average molecular weight is 239 g/mol. The monoisotopic (exact) mass is 239 g/mol. The maximum Gasteiger partial charge on any atom is 0.261 e. The molecule has 0 fully saturated rings. The van der Waals surface area contributed by atoms with Crippen molar-refractivity contribution in [3.05, 3.63) is 54.1 Å². The van der Waals surface area contributed by atoms with Crippen LogP contribution in [0.2, 0.25) is 0 Å². The zero-order valence-corrected chi connectivity index (χ0v) is 10.1. The van der Waals surface area contributed by atoms with Gasteiger partial charge in [0.05, 0.1) is 5.56 Å². The van der Waals surface area contributed by atoms with E-state index in [1.807, 2.05) is 23.1 Å². The first-order valence-electron chi connectivity index (χ1n) is 5.94. The summed E-state index contributed by atoms with van der Waals surface area (Å²) in [6, 6.07) is 8.19. The second-order valence-corrected chi connectivity index (χ2v) is 4.48. The summed E-state index contributed by atoms with van der Waals surface area (Å²) in [6.45, 7) is 2.06. The molecule has 0 bridgehead atoms. The summed E-state index contributed by atoms with van der Waals surface area (Å²) in [6.07, 6.45) is 5.44. The number of fused-ring (bicyclic) bond motifs is 1. The van der Waals surface area contributed by atoms with Crippen LogP contribution in [0.3, 0.4) is 0 Å². The maximum atomic E-state index is 12.5. The lowest BCUT2D eigenvalue weighted by Gasteiger charge is -2.22. The molecule has 1 aromatic heterocycles. The van der Waals surface area contributed by atoms with Gasteiger partial charge in [-0.15, -0.1) is 0 Å². The largest absolute Gasteiger partial charge is 0.305 e. The predicted octanol–water partition coefficient (Wildman–Crippen LogP) is 2.07. The van der Waals surface area contributed by atoms with Crippen molar-refractivity contribution in [1.82, 2.24) is 9.97 Å². The minimum Gasteiger partial charge on any atom is -0.305 e. The summed E-state index contributed by atoms with van der Waals surface area (Å²) in [5, 5.41) is 0. The third kappa shape index (κ3) is 1.66. The van der Waals surface area contributed by atoms with Crippen LogP contribution in [0.25, 0.3) is 0 Å². The molecule has 0 N–H and O–H groups in total. The Labute approximate surface area is 105 Å². The molecule has 1 aromatic carbocycles. The van der Waals surface area contributed by atoms with E-state index in [-0.39, 0.29) is 11.9 Å². The van der Waals surface area contributed by atoms with E-state index < -0.39 is 0 Å². The number of hydrogen-bond donors (Lipinski definition) is 0. The average Bonchev–Trinajstić information content (AvgIpc) is 2.75. The lowest BCUT2D eigenvalue weighted by atomic mass is 10.1. The summed E-state index contributed by atoms with van der Waals surface area (Å²) in [5.74, 6) is -0.0342. The number of benzene rings is 1. The zero-order valence-electron chi connectivity index (χ0n) is 10.1. The van der Waals surface area contributed by atoms with Crippen LogP contribution in [0.4, 0.5) is 5.69 Å². The molecule has 1 atom stereocenters. The van der Waals surface area contributed by atoms with Crippen molar-refractivity contribution >= 4 is 11.6 Å². The van der Waals surface area contributed by atoms with Gasteiger partial charge in [-0.3, -0.25) is 4.79 Å². The smallest absolute Gasteiger partial charge is 0.261 e. The van der Waals surface area contributed by atoms with Crippen LogP contribution in [0.1, 0.15) is 22.8 Å². The first kappa shape index (κ1) is 10.9. The summed E-state index contributed by atoms with van der Waals surface area (Å²) in [7, 11) is 0. The minimum absolute atomic E-state index is 0.0342. The van der Waals surface area contributed by atoms with Gasteiger partial charge in [-0.05, 0) is 25.0 Å². The third-order valence-corrected chi connectivity index (χ3v) is 3.23. The van der Waals surface area contributed by atoms with Gasteiger partial charge in [-0.25, -0.2) is 9.97 Å². The molecule has 2 heterocycles. The Hall–Kier alpha value is -2.23. The minimum atomic E-state index is -0.0342. The highest BCUT2D eigenvalue weighted by Crippen LogP contribution is 2.32. The molecule has 0 saturated heterocycles. The number of nitrogens with zero attached hydrogens (tertiary/aromatic N) is 3. The van der Waals surface area contributed by atoms with Crippen LogP contribution < -0.4 is 4.90 Å². The number of para-hydroxylation sites is 1. The highest BCUT2D eigenvalue weighted by atomic mass is 16.2. The topological polar surface area (TPSA) is 46.1 Å². The number of hydrogen-bond acceptors (Lipinski definition) is 3. The number of carbonyl (C=O) groups excluding carboxylic acids is 1. The van der Waals surface area contributed by atoms with Gasteiger partial charge in [-0.2, -0.15) is 0 Å². The molecule has 2 aromatic rings. The lowest BCUT2D eigenvalue weighted by Crippen LogP contribution is -2.35. The van der Waals surface area contributed by atoms with Gasteiger partial charge in [0.25, 0.3) is 5.91 Å². The molecule has 0 radical (unpaired) electrons. The first-order valence-corrected chi connectivity index (χ1v) is 5.94. The second-order valence-electron chi connectivity index (χ2n) is 4.48. The van der Waals surface area contributed by atoms with E-state index in [0.29, 0.717) is 5.56 Å². The molecule has 1 amide bonds. The molecule has 1 aliphatic heterocycles. The van der Waals surface area contributed by atoms with Crippen molar-refractivity contribution in [3.63, 3.8) is 0 Å². The van der Waals surface area contributed by atoms with Crippen molar-refractivity contribution in [1.29, 1.82) is 0 Å². The van der Waals surface area contributed by atoms with Crippen LogP contribution in [0.15, 0.2) is 43.0 Å². The van der Waals surface area contributed by atoms with Crippen molar-refractivity contribution in [2.45, 2.75) is 19.4 Å². The number of amides is 1. The fourth-order valence-electron chi connectivity index (χ4n) is 2.42. The van der Waals surface area contributed by atoms with Crippen LogP contribution in [0, 0.1) is 0 Å². The summed E-state index contributed by atoms with van der Waals surface area (Å²) in [4.78, 5) is 22.1. The number of aromatic nitrogens is 2. The summed E-state index contributed by atoms with van der Waals surface area (Å²) >= 11 is 0. The van der Waals surface area contributed by atoms with Crippen molar-refractivity contribution in [2.75, 3.05) is 4.90 Å². The van der Waals surface area contributed by atoms with Crippen LogP contribution >= 0.6 is 0 Å². The Balaban J connectivity index is 2.00. The van der Waals surface area contributed by atoms with Gasteiger partial charge in [0.1, 0.15) is 6.33 Å². The Morgan fingerprint density at radius 3 is 2.78 bits per heavy atom. The van der Waals surface area contributed by atoms with Crippen molar-refractivity contribution in [3.8, 4) is 0 Å². The van der Waals surface area contributed by atoms with E-state index >= 15 is 0 Å². The Morgan fingerprint density at radius 2 is 2.00 bits per heavy atom. The molecule has 4 heteroatoms. The second kappa shape index (κ2) is 4.22. The summed E-state index contributed by atoms with van der Waals surface area (Å²) in [5.41, 5.74) is 2.75. The number of carbonyl (C=O) groups is 1. The van der Waals surface area contributed by atoms with Gasteiger partial charge < -0.3 is 4.90 Å². The fourth-order valence-corrected chi connectivity index (χ4v) is 2.42. The molecule has 1 unspecified atom stereocenters. The molecule has 0 aliphatic carbocycles. The fraction of sp³-hybridized carbons (Fsp3) is 0.214. The van der Waals surface area contributed by atoms with Crippen molar-refractivity contribution in [2.24, 2.45) is 0 Å². The van der Waals surface area contributed by atoms with E-state index in [4.69, 9.17) is 0 Å². The number of rotatable bonds is 1. The molecule has 4 nitrogen and oxygen atoms in total. The van der Waals surface area contributed by atoms with E-state index in [0.717, 1.165) is 12.1 Å². The third-order valence-electron chi connectivity index (χ3n) is 3.23. The standard InChI is InChI=1S/C14H13N3O/c1-10-6-11-4-2-3-5-13(11)17(10)14(18)12-7-15-9-16-8-12/h2-5,7-10H,6H2,1H3. The maximum absolute atomic E-state index is 12.5. The van der Waals surface area contributed by atoms with Gasteiger partial charge in [0.2, 0.25) is 0 Å². The van der Waals surface area contributed by atoms with E-state index in [2.05, 4.69) is 23.0 Å². The molecule has 0 saturated carbocycles. The van der Waals surface area contributed by atoms with E-state index in [9.17, 15) is 4.79 Å². The van der Waals surface area contributed by atoms with E-state index in [1.54, 1.807) is 12.4 Å². The zero-order chi connectivity index (χ0) is 12.5. The summed E-state index contributed by atoms with van der Waals surface area (Å²) < 4.78 is 0. The predicted molar refractivity (Wildman–Crippen MR) is 68.4 cm³/mol. The molecule has 1 aliphatic rings.